The first-order chi connectivity index (χ1) is 5.25. The fourth-order valence-corrected chi connectivity index (χ4v) is 1.16. The summed E-state index contributed by atoms with van der Waals surface area (Å²) in [7, 11) is 2.11. The zero-order chi connectivity index (χ0) is 8.27. The van der Waals surface area contributed by atoms with Gasteiger partial charge in [0.2, 0.25) is 0 Å². The molecule has 0 spiro atoms. The maximum Gasteiger partial charge on any atom is 0.0393 e. The van der Waals surface area contributed by atoms with Crippen molar-refractivity contribution in [2.75, 3.05) is 18.5 Å². The molecule has 0 aromatic heterocycles. The predicted octanol–water partition coefficient (Wildman–Crippen LogP) is 2.45. The van der Waals surface area contributed by atoms with Crippen LogP contribution < -0.4 is 4.90 Å². The van der Waals surface area contributed by atoms with E-state index < -0.39 is 0 Å². The standard InChI is InChI=1S/C10H15N/c1-4-11(3)10-8-6-5-7-9(10)2/h5-8H,4H2,1-3H3. The minimum atomic E-state index is 1.06. The molecule has 60 valence electrons. The van der Waals surface area contributed by atoms with E-state index in [1.54, 1.807) is 0 Å². The van der Waals surface area contributed by atoms with Crippen molar-refractivity contribution in [1.82, 2.24) is 0 Å². The first-order valence-corrected chi connectivity index (χ1v) is 4.02. The molecule has 0 amide bonds. The van der Waals surface area contributed by atoms with Gasteiger partial charge in [-0.15, -0.1) is 0 Å². The summed E-state index contributed by atoms with van der Waals surface area (Å²) in [4.78, 5) is 2.25. The van der Waals surface area contributed by atoms with Crippen LogP contribution in [0.15, 0.2) is 24.3 Å². The molecule has 0 saturated carbocycles. The Morgan fingerprint density at radius 2 is 1.91 bits per heavy atom. The molecule has 0 aliphatic heterocycles. The van der Waals surface area contributed by atoms with E-state index in [4.69, 9.17) is 0 Å². The smallest absolute Gasteiger partial charge is 0.0393 e. The lowest BCUT2D eigenvalue weighted by Gasteiger charge is -2.18. The summed E-state index contributed by atoms with van der Waals surface area (Å²) in [6, 6.07) is 8.44. The fraction of sp³-hybridized carbons (Fsp3) is 0.400. The molecule has 0 bridgehead atoms. The molecule has 0 atom stereocenters. The summed E-state index contributed by atoms with van der Waals surface area (Å²) in [5.41, 5.74) is 2.67. The van der Waals surface area contributed by atoms with Crippen molar-refractivity contribution in [2.45, 2.75) is 13.8 Å². The second-order valence-electron chi connectivity index (χ2n) is 2.80. The van der Waals surface area contributed by atoms with E-state index in [0.29, 0.717) is 0 Å². The molecule has 0 aliphatic carbocycles. The van der Waals surface area contributed by atoms with E-state index in [1.165, 1.54) is 11.3 Å². The molecular weight excluding hydrogens is 134 g/mol. The van der Waals surface area contributed by atoms with E-state index in [-0.39, 0.29) is 0 Å². The third kappa shape index (κ3) is 1.73. The molecular formula is C10H15N. The molecule has 11 heavy (non-hydrogen) atoms. The van der Waals surface area contributed by atoms with Gasteiger partial charge in [0.1, 0.15) is 0 Å². The van der Waals surface area contributed by atoms with Crippen LogP contribution >= 0.6 is 0 Å². The zero-order valence-electron chi connectivity index (χ0n) is 7.46. The predicted molar refractivity (Wildman–Crippen MR) is 50.1 cm³/mol. The van der Waals surface area contributed by atoms with Crippen molar-refractivity contribution >= 4 is 5.69 Å². The molecule has 1 heteroatoms. The molecule has 1 aromatic carbocycles. The molecule has 0 aliphatic rings. The number of rotatable bonds is 2. The van der Waals surface area contributed by atoms with Crippen molar-refractivity contribution in [3.63, 3.8) is 0 Å². The highest BCUT2D eigenvalue weighted by Crippen LogP contribution is 2.16. The monoisotopic (exact) mass is 149 g/mol. The maximum atomic E-state index is 2.25. The molecule has 0 radical (unpaired) electrons. The molecule has 0 fully saturated rings. The van der Waals surface area contributed by atoms with Crippen molar-refractivity contribution in [3.05, 3.63) is 29.8 Å². The number of anilines is 1. The third-order valence-electron chi connectivity index (χ3n) is 2.00. The van der Waals surface area contributed by atoms with Crippen LogP contribution in [-0.4, -0.2) is 13.6 Å². The van der Waals surface area contributed by atoms with Gasteiger partial charge in [-0.05, 0) is 25.5 Å². The van der Waals surface area contributed by atoms with Crippen LogP contribution in [0.3, 0.4) is 0 Å². The normalized spacial score (nSPS) is 9.73. The average molecular weight is 149 g/mol. The first kappa shape index (κ1) is 8.12. The van der Waals surface area contributed by atoms with E-state index in [9.17, 15) is 0 Å². The summed E-state index contributed by atoms with van der Waals surface area (Å²) in [6.07, 6.45) is 0. The van der Waals surface area contributed by atoms with Crippen LogP contribution in [0.1, 0.15) is 12.5 Å². The highest BCUT2D eigenvalue weighted by molar-refractivity contribution is 5.51. The van der Waals surface area contributed by atoms with Gasteiger partial charge in [-0.25, -0.2) is 0 Å². The number of aryl methyl sites for hydroxylation is 1. The van der Waals surface area contributed by atoms with Gasteiger partial charge in [-0.3, -0.25) is 0 Å². The van der Waals surface area contributed by atoms with Crippen molar-refractivity contribution in [1.29, 1.82) is 0 Å². The lowest BCUT2D eigenvalue weighted by atomic mass is 10.2. The van der Waals surface area contributed by atoms with E-state index in [2.05, 4.69) is 50.1 Å². The minimum absolute atomic E-state index is 1.06. The van der Waals surface area contributed by atoms with Gasteiger partial charge in [0, 0.05) is 19.3 Å². The molecule has 0 saturated heterocycles. The first-order valence-electron chi connectivity index (χ1n) is 4.02. The van der Waals surface area contributed by atoms with Gasteiger partial charge in [-0.2, -0.15) is 0 Å². The van der Waals surface area contributed by atoms with Gasteiger partial charge in [0.15, 0.2) is 0 Å². The molecule has 1 rings (SSSR count). The van der Waals surface area contributed by atoms with Crippen LogP contribution in [0, 0.1) is 6.92 Å². The van der Waals surface area contributed by atoms with Crippen LogP contribution in [0.5, 0.6) is 0 Å². The molecule has 0 unspecified atom stereocenters. The largest absolute Gasteiger partial charge is 0.375 e. The van der Waals surface area contributed by atoms with Gasteiger partial charge >= 0.3 is 0 Å². The van der Waals surface area contributed by atoms with Gasteiger partial charge < -0.3 is 4.90 Å². The third-order valence-corrected chi connectivity index (χ3v) is 2.00. The minimum Gasteiger partial charge on any atom is -0.375 e. The summed E-state index contributed by atoms with van der Waals surface area (Å²) in [6.45, 7) is 5.36. The number of nitrogens with zero attached hydrogens (tertiary/aromatic N) is 1. The Hall–Kier alpha value is -0.980. The van der Waals surface area contributed by atoms with Crippen molar-refractivity contribution < 1.29 is 0 Å². The Balaban J connectivity index is 2.93. The molecule has 1 aromatic rings. The Labute approximate surface area is 68.7 Å². The SMILES string of the molecule is CCN(C)c1ccccc1C. The van der Waals surface area contributed by atoms with E-state index in [1.807, 2.05) is 0 Å². The van der Waals surface area contributed by atoms with Crippen LogP contribution in [0.2, 0.25) is 0 Å². The van der Waals surface area contributed by atoms with Crippen molar-refractivity contribution in [3.8, 4) is 0 Å². The summed E-state index contributed by atoms with van der Waals surface area (Å²) < 4.78 is 0. The Kier molecular flexibility index (Phi) is 2.53. The van der Waals surface area contributed by atoms with Crippen molar-refractivity contribution in [2.24, 2.45) is 0 Å². The van der Waals surface area contributed by atoms with Gasteiger partial charge in [0.25, 0.3) is 0 Å². The highest BCUT2D eigenvalue weighted by Gasteiger charge is 1.98. The summed E-state index contributed by atoms with van der Waals surface area (Å²) in [5, 5.41) is 0. The van der Waals surface area contributed by atoms with Gasteiger partial charge in [0.05, 0.1) is 0 Å². The number of benzene rings is 1. The number of para-hydroxylation sites is 1. The van der Waals surface area contributed by atoms with Crippen LogP contribution in [0.25, 0.3) is 0 Å². The highest BCUT2D eigenvalue weighted by atomic mass is 15.1. The second-order valence-corrected chi connectivity index (χ2v) is 2.80. The molecule has 0 N–H and O–H groups in total. The Bertz CT molecular complexity index is 230. The summed E-state index contributed by atoms with van der Waals surface area (Å²) >= 11 is 0. The zero-order valence-corrected chi connectivity index (χ0v) is 7.46. The quantitative estimate of drug-likeness (QED) is 0.624. The van der Waals surface area contributed by atoms with E-state index in [0.717, 1.165) is 6.54 Å². The van der Waals surface area contributed by atoms with Crippen LogP contribution in [-0.2, 0) is 0 Å². The Morgan fingerprint density at radius 1 is 1.27 bits per heavy atom. The second kappa shape index (κ2) is 3.42. The lowest BCUT2D eigenvalue weighted by molar-refractivity contribution is 0.961. The average Bonchev–Trinajstić information content (AvgIpc) is 2.04. The number of hydrogen-bond donors (Lipinski definition) is 0. The maximum absolute atomic E-state index is 2.25. The molecule has 1 nitrogen and oxygen atoms in total. The van der Waals surface area contributed by atoms with Gasteiger partial charge in [-0.1, -0.05) is 18.2 Å². The summed E-state index contributed by atoms with van der Waals surface area (Å²) in [5.74, 6) is 0. The topological polar surface area (TPSA) is 3.24 Å². The molecule has 0 heterocycles. The number of hydrogen-bond acceptors (Lipinski definition) is 1. The fourth-order valence-electron chi connectivity index (χ4n) is 1.16. The van der Waals surface area contributed by atoms with E-state index >= 15 is 0 Å². The van der Waals surface area contributed by atoms with Crippen LogP contribution in [0.4, 0.5) is 5.69 Å². The lowest BCUT2D eigenvalue weighted by Crippen LogP contribution is -2.16. The Morgan fingerprint density at radius 3 is 2.45 bits per heavy atom.